The van der Waals surface area contributed by atoms with E-state index in [1.165, 1.54) is 13.0 Å². The van der Waals surface area contributed by atoms with Crippen LogP contribution in [0.3, 0.4) is 0 Å². The summed E-state index contributed by atoms with van der Waals surface area (Å²) in [5.41, 5.74) is 0.103. The predicted octanol–water partition coefficient (Wildman–Crippen LogP) is 1.80. The Balaban J connectivity index is 3.10. The smallest absolute Gasteiger partial charge is 0.200 e. The molecule has 0 heterocycles. The Labute approximate surface area is 73.8 Å². The van der Waals surface area contributed by atoms with E-state index >= 15 is 0 Å². The second-order valence-electron chi connectivity index (χ2n) is 2.75. The number of hydrogen-bond donors (Lipinski definition) is 1. The molecule has 0 aliphatic carbocycles. The summed E-state index contributed by atoms with van der Waals surface area (Å²) in [4.78, 5) is 10.6. The number of carbonyl (C=O) groups is 1. The van der Waals surface area contributed by atoms with Gasteiger partial charge in [0.05, 0.1) is 0 Å². The molecule has 2 nitrogen and oxygen atoms in total. The monoisotopic (exact) mass is 186 g/mol. The lowest BCUT2D eigenvalue weighted by molar-refractivity contribution is -0.116. The summed E-state index contributed by atoms with van der Waals surface area (Å²) in [6, 6.07) is 2.07. The number of Topliss-reactive ketones (excluding diaryl/α,β-unsaturated/α-hetero) is 1. The van der Waals surface area contributed by atoms with Crippen molar-refractivity contribution in [2.24, 2.45) is 0 Å². The van der Waals surface area contributed by atoms with Crippen LogP contribution in [0.15, 0.2) is 12.1 Å². The highest BCUT2D eigenvalue weighted by atomic mass is 19.2. The Hall–Kier alpha value is -1.45. The minimum atomic E-state index is -1.31. The van der Waals surface area contributed by atoms with E-state index in [2.05, 4.69) is 0 Å². The van der Waals surface area contributed by atoms with Gasteiger partial charge in [0, 0.05) is 12.0 Å². The van der Waals surface area contributed by atoms with Gasteiger partial charge in [-0.15, -0.1) is 0 Å². The molecule has 1 aromatic rings. The Bertz CT molecular complexity index is 348. The molecule has 1 aromatic carbocycles. The molecular weight excluding hydrogens is 178 g/mol. The summed E-state index contributed by atoms with van der Waals surface area (Å²) < 4.78 is 25.2. The van der Waals surface area contributed by atoms with Crippen LogP contribution in [0.1, 0.15) is 12.5 Å². The summed E-state index contributed by atoms with van der Waals surface area (Å²) in [7, 11) is 0. The topological polar surface area (TPSA) is 37.3 Å². The van der Waals surface area contributed by atoms with Crippen LogP contribution in [0, 0.1) is 11.6 Å². The molecule has 0 radical (unpaired) electrons. The maximum Gasteiger partial charge on any atom is 0.200 e. The van der Waals surface area contributed by atoms with E-state index in [1.807, 2.05) is 0 Å². The van der Waals surface area contributed by atoms with Crippen molar-refractivity contribution in [1.29, 1.82) is 0 Å². The minimum Gasteiger partial charge on any atom is -0.505 e. The first-order valence-electron chi connectivity index (χ1n) is 3.67. The first kappa shape index (κ1) is 9.64. The van der Waals surface area contributed by atoms with Crippen LogP contribution in [0.4, 0.5) is 8.78 Å². The van der Waals surface area contributed by atoms with E-state index in [1.54, 1.807) is 0 Å². The van der Waals surface area contributed by atoms with Gasteiger partial charge in [-0.3, -0.25) is 4.79 Å². The van der Waals surface area contributed by atoms with Crippen molar-refractivity contribution in [1.82, 2.24) is 0 Å². The molecule has 4 heteroatoms. The Morgan fingerprint density at radius 2 is 2.08 bits per heavy atom. The summed E-state index contributed by atoms with van der Waals surface area (Å²) in [5, 5.41) is 9.06. The third kappa shape index (κ3) is 2.02. The van der Waals surface area contributed by atoms with Crippen LogP contribution in [0.25, 0.3) is 0 Å². The Kier molecular flexibility index (Phi) is 2.60. The fourth-order valence-corrected chi connectivity index (χ4v) is 0.991. The molecule has 1 N–H and O–H groups in total. The number of aromatic hydroxyl groups is 1. The van der Waals surface area contributed by atoms with Gasteiger partial charge in [0.25, 0.3) is 0 Å². The summed E-state index contributed by atoms with van der Waals surface area (Å²) >= 11 is 0. The van der Waals surface area contributed by atoms with Crippen LogP contribution in [-0.2, 0) is 11.2 Å². The van der Waals surface area contributed by atoms with E-state index in [9.17, 15) is 13.6 Å². The van der Waals surface area contributed by atoms with Crippen LogP contribution < -0.4 is 0 Å². The van der Waals surface area contributed by atoms with E-state index in [0.717, 1.165) is 6.07 Å². The second-order valence-corrected chi connectivity index (χ2v) is 2.75. The standard InChI is InChI=1S/C9H8F2O2/c1-5(12)4-6-2-3-7(10)8(11)9(6)13/h2-3,13H,4H2,1H3. The van der Waals surface area contributed by atoms with Crippen molar-refractivity contribution in [3.63, 3.8) is 0 Å². The van der Waals surface area contributed by atoms with Crippen molar-refractivity contribution < 1.29 is 18.7 Å². The maximum atomic E-state index is 12.7. The van der Waals surface area contributed by atoms with Gasteiger partial charge in [0.15, 0.2) is 11.6 Å². The number of rotatable bonds is 2. The molecule has 0 spiro atoms. The molecular formula is C9H8F2O2. The van der Waals surface area contributed by atoms with E-state index < -0.39 is 17.4 Å². The van der Waals surface area contributed by atoms with Crippen molar-refractivity contribution >= 4 is 5.78 Å². The molecule has 0 unspecified atom stereocenters. The second kappa shape index (κ2) is 3.51. The molecule has 0 aliphatic heterocycles. The average Bonchev–Trinajstić information content (AvgIpc) is 2.06. The number of phenolic OH excluding ortho intramolecular Hbond substituents is 1. The molecule has 0 bridgehead atoms. The van der Waals surface area contributed by atoms with Crippen LogP contribution >= 0.6 is 0 Å². The lowest BCUT2D eigenvalue weighted by atomic mass is 10.1. The SMILES string of the molecule is CC(=O)Cc1ccc(F)c(F)c1O. The van der Waals surface area contributed by atoms with Crippen LogP contribution in [0.5, 0.6) is 5.75 Å². The maximum absolute atomic E-state index is 12.7. The van der Waals surface area contributed by atoms with Crippen molar-refractivity contribution in [2.45, 2.75) is 13.3 Å². The third-order valence-corrected chi connectivity index (χ3v) is 1.59. The van der Waals surface area contributed by atoms with E-state index in [0.29, 0.717) is 0 Å². The zero-order valence-corrected chi connectivity index (χ0v) is 6.97. The van der Waals surface area contributed by atoms with Gasteiger partial charge in [-0.1, -0.05) is 6.07 Å². The van der Waals surface area contributed by atoms with Gasteiger partial charge in [-0.2, -0.15) is 4.39 Å². The molecule has 0 aromatic heterocycles. The quantitative estimate of drug-likeness (QED) is 0.764. The lowest BCUT2D eigenvalue weighted by Crippen LogP contribution is -1.98. The zero-order chi connectivity index (χ0) is 10.0. The van der Waals surface area contributed by atoms with E-state index in [4.69, 9.17) is 5.11 Å². The van der Waals surface area contributed by atoms with Crippen LogP contribution in [0.2, 0.25) is 0 Å². The number of phenols is 1. The molecule has 0 saturated carbocycles. The largest absolute Gasteiger partial charge is 0.505 e. The molecule has 13 heavy (non-hydrogen) atoms. The Morgan fingerprint density at radius 1 is 1.46 bits per heavy atom. The zero-order valence-electron chi connectivity index (χ0n) is 6.97. The average molecular weight is 186 g/mol. The number of halogens is 2. The predicted molar refractivity (Wildman–Crippen MR) is 42.4 cm³/mol. The van der Waals surface area contributed by atoms with Gasteiger partial charge in [0.1, 0.15) is 5.78 Å². The fraction of sp³-hybridized carbons (Fsp3) is 0.222. The van der Waals surface area contributed by atoms with Gasteiger partial charge in [-0.25, -0.2) is 4.39 Å². The summed E-state index contributed by atoms with van der Waals surface area (Å²) in [5.74, 6) is -3.43. The minimum absolute atomic E-state index is 0.0942. The first-order valence-corrected chi connectivity index (χ1v) is 3.67. The van der Waals surface area contributed by atoms with Gasteiger partial charge in [0.2, 0.25) is 5.82 Å². The highest BCUT2D eigenvalue weighted by molar-refractivity contribution is 5.78. The summed E-state index contributed by atoms with van der Waals surface area (Å²) in [6.07, 6.45) is -0.0942. The third-order valence-electron chi connectivity index (χ3n) is 1.59. The molecule has 1 rings (SSSR count). The van der Waals surface area contributed by atoms with Crippen molar-refractivity contribution in [3.8, 4) is 5.75 Å². The molecule has 0 atom stereocenters. The number of ketones is 1. The first-order chi connectivity index (χ1) is 6.02. The number of benzene rings is 1. The highest BCUT2D eigenvalue weighted by Gasteiger charge is 2.12. The number of carbonyl (C=O) groups excluding carboxylic acids is 1. The van der Waals surface area contributed by atoms with Gasteiger partial charge >= 0.3 is 0 Å². The molecule has 0 saturated heterocycles. The summed E-state index contributed by atoms with van der Waals surface area (Å²) in [6.45, 7) is 1.31. The molecule has 0 fully saturated rings. The fourth-order valence-electron chi connectivity index (χ4n) is 0.991. The van der Waals surface area contributed by atoms with Crippen LogP contribution in [-0.4, -0.2) is 10.9 Å². The molecule has 70 valence electrons. The molecule has 0 aliphatic rings. The lowest BCUT2D eigenvalue weighted by Gasteiger charge is -2.03. The van der Waals surface area contributed by atoms with E-state index in [-0.39, 0.29) is 17.8 Å². The van der Waals surface area contributed by atoms with Crippen molar-refractivity contribution in [3.05, 3.63) is 29.3 Å². The molecule has 0 amide bonds. The van der Waals surface area contributed by atoms with Gasteiger partial charge in [-0.05, 0) is 13.0 Å². The van der Waals surface area contributed by atoms with Gasteiger partial charge < -0.3 is 5.11 Å². The normalized spacial score (nSPS) is 10.1. The highest BCUT2D eigenvalue weighted by Crippen LogP contribution is 2.23. The number of hydrogen-bond acceptors (Lipinski definition) is 2. The Morgan fingerprint density at radius 3 is 2.62 bits per heavy atom. The van der Waals surface area contributed by atoms with Crippen molar-refractivity contribution in [2.75, 3.05) is 0 Å².